The first kappa shape index (κ1) is 10.7. The highest BCUT2D eigenvalue weighted by Crippen LogP contribution is 2.34. The van der Waals surface area contributed by atoms with Gasteiger partial charge in [0.2, 0.25) is 0 Å². The lowest BCUT2D eigenvalue weighted by molar-refractivity contribution is 0.0694. The first-order valence-electron chi connectivity index (χ1n) is 5.31. The van der Waals surface area contributed by atoms with E-state index in [1.165, 1.54) is 0 Å². The Morgan fingerprint density at radius 2 is 2.06 bits per heavy atom. The van der Waals surface area contributed by atoms with Crippen molar-refractivity contribution in [3.05, 3.63) is 59.7 Å². The molecular weight excluding hydrogens is 200 g/mol. The summed E-state index contributed by atoms with van der Waals surface area (Å²) >= 11 is 0. The lowest BCUT2D eigenvalue weighted by Gasteiger charge is -2.28. The van der Waals surface area contributed by atoms with Crippen LogP contribution in [-0.4, -0.2) is 11.1 Å². The summed E-state index contributed by atoms with van der Waals surface area (Å²) in [6, 6.07) is 7.21. The molecule has 82 valence electrons. The van der Waals surface area contributed by atoms with Crippen LogP contribution in [0.15, 0.2) is 48.6 Å². The maximum absolute atomic E-state index is 11.2. The van der Waals surface area contributed by atoms with E-state index < -0.39 is 5.97 Å². The number of aromatic carboxylic acids is 1. The van der Waals surface area contributed by atoms with Crippen LogP contribution < -0.4 is 0 Å². The van der Waals surface area contributed by atoms with Gasteiger partial charge in [-0.2, -0.15) is 0 Å². The summed E-state index contributed by atoms with van der Waals surface area (Å²) in [5.74, 6) is -0.861. The summed E-state index contributed by atoms with van der Waals surface area (Å²) in [4.78, 5) is 11.2. The van der Waals surface area contributed by atoms with E-state index in [2.05, 4.69) is 19.1 Å². The molecule has 0 radical (unpaired) electrons. The number of carboxylic acids is 1. The van der Waals surface area contributed by atoms with Gasteiger partial charge in [-0.3, -0.25) is 0 Å². The zero-order chi connectivity index (χ0) is 11.6. The van der Waals surface area contributed by atoms with E-state index in [9.17, 15) is 4.79 Å². The molecule has 1 N–H and O–H groups in total. The number of rotatable bonds is 2. The van der Waals surface area contributed by atoms with Gasteiger partial charge in [-0.05, 0) is 18.1 Å². The van der Waals surface area contributed by atoms with Crippen LogP contribution in [0, 0.1) is 0 Å². The van der Waals surface area contributed by atoms with E-state index >= 15 is 0 Å². The zero-order valence-corrected chi connectivity index (χ0v) is 9.18. The van der Waals surface area contributed by atoms with E-state index in [1.54, 1.807) is 12.1 Å². The van der Waals surface area contributed by atoms with Gasteiger partial charge in [0.1, 0.15) is 0 Å². The topological polar surface area (TPSA) is 37.3 Å². The highest BCUT2D eigenvalue weighted by Gasteiger charge is 2.27. The van der Waals surface area contributed by atoms with Crippen LogP contribution in [0.5, 0.6) is 0 Å². The fraction of sp³-hybridized carbons (Fsp3) is 0.214. The molecule has 1 aliphatic carbocycles. The van der Waals surface area contributed by atoms with Crippen LogP contribution in [-0.2, 0) is 5.41 Å². The van der Waals surface area contributed by atoms with Crippen LogP contribution in [0.3, 0.4) is 0 Å². The molecule has 0 aromatic heterocycles. The monoisotopic (exact) mass is 214 g/mol. The Balaban J connectivity index is 2.51. The van der Waals surface area contributed by atoms with E-state index in [4.69, 9.17) is 5.11 Å². The minimum atomic E-state index is -0.861. The molecule has 0 saturated heterocycles. The number of allylic oxidation sites excluding steroid dienone is 4. The fourth-order valence-electron chi connectivity index (χ4n) is 2.09. The fourth-order valence-corrected chi connectivity index (χ4v) is 2.09. The second kappa shape index (κ2) is 3.97. The summed E-state index contributed by atoms with van der Waals surface area (Å²) in [6.07, 6.45) is 8.94. The molecule has 1 aromatic rings. The van der Waals surface area contributed by atoms with Crippen molar-refractivity contribution in [1.29, 1.82) is 0 Å². The average Bonchev–Trinajstić information content (AvgIpc) is 2.30. The molecule has 0 bridgehead atoms. The predicted molar refractivity (Wildman–Crippen MR) is 63.7 cm³/mol. The molecule has 2 nitrogen and oxygen atoms in total. The van der Waals surface area contributed by atoms with Crippen LogP contribution >= 0.6 is 0 Å². The van der Waals surface area contributed by atoms with E-state index in [0.29, 0.717) is 5.56 Å². The molecule has 0 saturated carbocycles. The van der Waals surface area contributed by atoms with Crippen molar-refractivity contribution in [2.75, 3.05) is 0 Å². The Hall–Kier alpha value is -1.83. The Bertz CT molecular complexity index is 471. The van der Waals surface area contributed by atoms with Crippen LogP contribution in [0.2, 0.25) is 0 Å². The zero-order valence-electron chi connectivity index (χ0n) is 9.18. The largest absolute Gasteiger partial charge is 0.478 e. The molecule has 1 aliphatic rings. The standard InChI is InChI=1S/C14H14O2/c1-14(9-5-2-6-10-14)12-8-4-3-7-11(12)13(15)16/h2-9H,10H2,1H3,(H,15,16). The molecule has 0 fully saturated rings. The molecule has 16 heavy (non-hydrogen) atoms. The van der Waals surface area contributed by atoms with Crippen molar-refractivity contribution < 1.29 is 9.90 Å². The van der Waals surface area contributed by atoms with Gasteiger partial charge in [0, 0.05) is 5.41 Å². The summed E-state index contributed by atoms with van der Waals surface area (Å²) in [6.45, 7) is 2.06. The molecule has 1 aromatic carbocycles. The maximum atomic E-state index is 11.2. The highest BCUT2D eigenvalue weighted by atomic mass is 16.4. The Labute approximate surface area is 94.9 Å². The van der Waals surface area contributed by atoms with Gasteiger partial charge in [-0.1, -0.05) is 49.4 Å². The van der Waals surface area contributed by atoms with Crippen molar-refractivity contribution in [2.24, 2.45) is 0 Å². The van der Waals surface area contributed by atoms with Crippen molar-refractivity contribution >= 4 is 5.97 Å². The van der Waals surface area contributed by atoms with E-state index in [1.807, 2.05) is 24.3 Å². The van der Waals surface area contributed by atoms with Crippen LogP contribution in [0.1, 0.15) is 29.3 Å². The number of hydrogen-bond acceptors (Lipinski definition) is 1. The number of benzene rings is 1. The van der Waals surface area contributed by atoms with Crippen LogP contribution in [0.25, 0.3) is 0 Å². The molecule has 1 atom stereocenters. The molecule has 0 amide bonds. The highest BCUT2D eigenvalue weighted by molar-refractivity contribution is 5.90. The van der Waals surface area contributed by atoms with Crippen molar-refractivity contribution in [3.63, 3.8) is 0 Å². The Morgan fingerprint density at radius 1 is 1.31 bits per heavy atom. The summed E-state index contributed by atoms with van der Waals surface area (Å²) in [5, 5.41) is 9.17. The lowest BCUT2D eigenvalue weighted by atomic mass is 9.75. The van der Waals surface area contributed by atoms with Gasteiger partial charge >= 0.3 is 5.97 Å². The normalized spacial score (nSPS) is 23.3. The first-order chi connectivity index (χ1) is 7.63. The van der Waals surface area contributed by atoms with Crippen molar-refractivity contribution in [3.8, 4) is 0 Å². The second-order valence-electron chi connectivity index (χ2n) is 4.26. The molecular formula is C14H14O2. The third-order valence-corrected chi connectivity index (χ3v) is 3.03. The molecule has 0 spiro atoms. The molecule has 2 rings (SSSR count). The summed E-state index contributed by atoms with van der Waals surface area (Å²) in [7, 11) is 0. The molecule has 0 aliphatic heterocycles. The Morgan fingerprint density at radius 3 is 2.69 bits per heavy atom. The summed E-state index contributed by atoms with van der Waals surface area (Å²) in [5.41, 5.74) is 1.07. The third kappa shape index (κ3) is 1.78. The second-order valence-corrected chi connectivity index (χ2v) is 4.26. The summed E-state index contributed by atoms with van der Waals surface area (Å²) < 4.78 is 0. The third-order valence-electron chi connectivity index (χ3n) is 3.03. The van der Waals surface area contributed by atoms with E-state index in [-0.39, 0.29) is 5.41 Å². The maximum Gasteiger partial charge on any atom is 0.335 e. The van der Waals surface area contributed by atoms with Gasteiger partial charge in [0.05, 0.1) is 5.56 Å². The smallest absolute Gasteiger partial charge is 0.335 e. The minimum absolute atomic E-state index is 0.205. The number of carbonyl (C=O) groups is 1. The number of hydrogen-bond donors (Lipinski definition) is 1. The van der Waals surface area contributed by atoms with Crippen LogP contribution in [0.4, 0.5) is 0 Å². The van der Waals surface area contributed by atoms with Gasteiger partial charge in [-0.25, -0.2) is 4.79 Å². The van der Waals surface area contributed by atoms with Gasteiger partial charge in [0.25, 0.3) is 0 Å². The van der Waals surface area contributed by atoms with Crippen molar-refractivity contribution in [1.82, 2.24) is 0 Å². The number of carboxylic acid groups (broad SMARTS) is 1. The SMILES string of the molecule is CC1(c2ccccc2C(=O)O)C=CC=CC1. The minimum Gasteiger partial charge on any atom is -0.478 e. The van der Waals surface area contributed by atoms with Gasteiger partial charge in [0.15, 0.2) is 0 Å². The first-order valence-corrected chi connectivity index (χ1v) is 5.31. The van der Waals surface area contributed by atoms with Gasteiger partial charge < -0.3 is 5.11 Å². The molecule has 1 unspecified atom stereocenters. The Kier molecular flexibility index (Phi) is 2.65. The molecule has 0 heterocycles. The van der Waals surface area contributed by atoms with Crippen molar-refractivity contribution in [2.45, 2.75) is 18.8 Å². The quantitative estimate of drug-likeness (QED) is 0.821. The average molecular weight is 214 g/mol. The lowest BCUT2D eigenvalue weighted by Crippen LogP contribution is -2.22. The molecule has 2 heteroatoms. The van der Waals surface area contributed by atoms with Gasteiger partial charge in [-0.15, -0.1) is 0 Å². The predicted octanol–water partition coefficient (Wildman–Crippen LogP) is 3.16. The van der Waals surface area contributed by atoms with E-state index in [0.717, 1.165) is 12.0 Å².